The summed E-state index contributed by atoms with van der Waals surface area (Å²) in [5, 5.41) is 0. The lowest BCUT2D eigenvalue weighted by Gasteiger charge is -2.27. The van der Waals surface area contributed by atoms with Crippen LogP contribution < -0.4 is 14.4 Å². The molecule has 2 heterocycles. The van der Waals surface area contributed by atoms with Gasteiger partial charge in [-0.3, -0.25) is 4.55 Å². The van der Waals surface area contributed by atoms with Crippen LogP contribution in [-0.4, -0.2) is 37.5 Å². The highest BCUT2D eigenvalue weighted by Gasteiger charge is 2.42. The molecule has 0 atom stereocenters. The van der Waals surface area contributed by atoms with Crippen LogP contribution >= 0.6 is 0 Å². The van der Waals surface area contributed by atoms with Crippen LogP contribution in [0.4, 0.5) is 22.7 Å². The predicted octanol–water partition coefficient (Wildman–Crippen LogP) is 12.8. The second kappa shape index (κ2) is 17.9. The molecule has 0 bridgehead atoms. The molecule has 7 heteroatoms. The molecule has 1 aliphatic carbocycles. The molecule has 7 rings (SSSR count). The Morgan fingerprint density at radius 1 is 0.617 bits per heavy atom. The first-order valence-electron chi connectivity index (χ1n) is 22.0. The highest BCUT2D eigenvalue weighted by atomic mass is 32.2. The fourth-order valence-corrected chi connectivity index (χ4v) is 10.1. The Labute approximate surface area is 360 Å². The Hall–Kier alpha value is -4.98. The first-order chi connectivity index (χ1) is 28.7. The lowest BCUT2D eigenvalue weighted by molar-refractivity contribution is 0.480. The van der Waals surface area contributed by atoms with E-state index in [2.05, 4.69) is 184 Å². The lowest BCUT2D eigenvalue weighted by atomic mass is 9.83. The van der Waals surface area contributed by atoms with E-state index >= 15 is 0 Å². The lowest BCUT2D eigenvalue weighted by Crippen LogP contribution is -2.27. The number of anilines is 2. The zero-order chi connectivity index (χ0) is 42.7. The summed E-state index contributed by atoms with van der Waals surface area (Å²) in [4.78, 5) is 4.96. The maximum absolute atomic E-state index is 11.6. The Morgan fingerprint density at radius 2 is 1.07 bits per heavy atom. The van der Waals surface area contributed by atoms with Crippen LogP contribution in [0.5, 0.6) is 0 Å². The minimum Gasteiger partial charge on any atom is -0.344 e. The molecule has 0 radical (unpaired) electrons. The number of fused-ring (bicyclic) bond motifs is 2. The van der Waals surface area contributed by atoms with E-state index in [1.165, 1.54) is 75.5 Å². The van der Waals surface area contributed by atoms with Crippen molar-refractivity contribution in [2.45, 2.75) is 111 Å². The maximum atomic E-state index is 11.6. The fraction of sp³-hybridized carbons (Fsp3) is 0.377. The third-order valence-electron chi connectivity index (χ3n) is 12.8. The molecule has 0 aromatic heterocycles. The second-order valence-corrected chi connectivity index (χ2v) is 19.6. The number of allylic oxidation sites excluding steroid dienone is 8. The quantitative estimate of drug-likeness (QED) is 0.0780. The van der Waals surface area contributed by atoms with Crippen molar-refractivity contribution in [2.75, 3.05) is 28.6 Å². The number of nitrogens with zero attached hydrogens (tertiary/aromatic N) is 3. The zero-order valence-electron chi connectivity index (χ0n) is 36.8. The molecule has 60 heavy (non-hydrogen) atoms. The molecule has 3 aliphatic rings. The van der Waals surface area contributed by atoms with Crippen LogP contribution in [0.3, 0.4) is 0 Å². The van der Waals surface area contributed by atoms with Gasteiger partial charge in [-0.05, 0) is 81.4 Å². The standard InChI is InChI=1S/C53H63N3O3S/c1-8-9-10-17-34-54-47-30-24-39(2)37-45(47)52(4,5)49(54)32-28-41-26-27-42(51(41)56(43-20-13-11-14-21-43)44-22-15-12-16-23-44)29-33-50-53(6,7)46-38-40(3)25-31-48(46)55(50)35-18-19-36-60(57,58)59/h11-16,20-25,28-33,37-38H,8-10,17-19,26-27,34-36H2,1-7H3/p+1. The molecule has 4 aromatic carbocycles. The van der Waals surface area contributed by atoms with E-state index < -0.39 is 10.1 Å². The van der Waals surface area contributed by atoms with E-state index in [4.69, 9.17) is 0 Å². The van der Waals surface area contributed by atoms with Gasteiger partial charge in [-0.15, -0.1) is 0 Å². The van der Waals surface area contributed by atoms with Crippen molar-refractivity contribution < 1.29 is 13.0 Å². The van der Waals surface area contributed by atoms with E-state index in [-0.39, 0.29) is 16.6 Å². The molecule has 1 fully saturated rings. The van der Waals surface area contributed by atoms with Crippen molar-refractivity contribution in [2.24, 2.45) is 0 Å². The van der Waals surface area contributed by atoms with E-state index in [1.54, 1.807) is 0 Å². The Kier molecular flexibility index (Phi) is 12.9. The van der Waals surface area contributed by atoms with Crippen LogP contribution in [-0.2, 0) is 20.9 Å². The number of rotatable bonds is 14. The predicted molar refractivity (Wildman–Crippen MR) is 254 cm³/mol. The third kappa shape index (κ3) is 9.03. The first-order valence-corrected chi connectivity index (χ1v) is 23.6. The van der Waals surface area contributed by atoms with Gasteiger partial charge in [0.25, 0.3) is 10.1 Å². The first kappa shape index (κ1) is 43.1. The number of hydrogen-bond acceptors (Lipinski definition) is 4. The maximum Gasteiger partial charge on any atom is 0.264 e. The number of hydrogen-bond donors (Lipinski definition) is 1. The number of aryl methyl sites for hydroxylation is 2. The van der Waals surface area contributed by atoms with Gasteiger partial charge < -0.3 is 9.80 Å². The molecule has 2 aliphatic heterocycles. The Bertz CT molecular complexity index is 2430. The van der Waals surface area contributed by atoms with Crippen LogP contribution in [0.1, 0.15) is 108 Å². The molecule has 4 aromatic rings. The fourth-order valence-electron chi connectivity index (χ4n) is 9.56. The van der Waals surface area contributed by atoms with Crippen molar-refractivity contribution in [3.05, 3.63) is 166 Å². The Balaban J connectivity index is 1.37. The summed E-state index contributed by atoms with van der Waals surface area (Å²) in [5.41, 5.74) is 15.8. The highest BCUT2D eigenvalue weighted by molar-refractivity contribution is 7.85. The highest BCUT2D eigenvalue weighted by Crippen LogP contribution is 2.50. The zero-order valence-corrected chi connectivity index (χ0v) is 37.7. The summed E-state index contributed by atoms with van der Waals surface area (Å²) in [6.45, 7) is 17.6. The largest absolute Gasteiger partial charge is 0.344 e. The van der Waals surface area contributed by atoms with Crippen LogP contribution in [0.25, 0.3) is 0 Å². The van der Waals surface area contributed by atoms with Gasteiger partial charge in [0.2, 0.25) is 17.1 Å². The van der Waals surface area contributed by atoms with E-state index in [0.717, 1.165) is 42.9 Å². The van der Waals surface area contributed by atoms with Gasteiger partial charge in [0.1, 0.15) is 0 Å². The van der Waals surface area contributed by atoms with Crippen molar-refractivity contribution in [3.8, 4) is 0 Å². The van der Waals surface area contributed by atoms with Gasteiger partial charge in [0.05, 0.1) is 5.75 Å². The molecule has 0 unspecified atom stereocenters. The number of unbranched alkanes of at least 4 members (excludes halogenated alkanes) is 4. The van der Waals surface area contributed by atoms with Gasteiger partial charge in [0.15, 0.2) is 0 Å². The summed E-state index contributed by atoms with van der Waals surface area (Å²) in [6.07, 6.45) is 17.2. The van der Waals surface area contributed by atoms with Crippen molar-refractivity contribution >= 4 is 38.6 Å². The normalized spacial score (nSPS) is 19.6. The summed E-state index contributed by atoms with van der Waals surface area (Å²) in [5.74, 6) is -0.230. The molecule has 1 N–H and O–H groups in total. The Morgan fingerprint density at radius 3 is 1.50 bits per heavy atom. The summed E-state index contributed by atoms with van der Waals surface area (Å²) >= 11 is 0. The number of benzene rings is 4. The molecular formula is C53H64N3O3S+. The van der Waals surface area contributed by atoms with Crippen molar-refractivity contribution in [1.29, 1.82) is 0 Å². The molecule has 0 spiro atoms. The smallest absolute Gasteiger partial charge is 0.264 e. The van der Waals surface area contributed by atoms with Gasteiger partial charge in [-0.25, -0.2) is 0 Å². The molecule has 0 saturated heterocycles. The summed E-state index contributed by atoms with van der Waals surface area (Å²) in [7, 11) is -4.01. The average molecular weight is 823 g/mol. The molecule has 314 valence electrons. The number of para-hydroxylation sites is 2. The van der Waals surface area contributed by atoms with Gasteiger partial charge in [0, 0.05) is 82.1 Å². The second-order valence-electron chi connectivity index (χ2n) is 18.0. The third-order valence-corrected chi connectivity index (χ3v) is 13.6. The van der Waals surface area contributed by atoms with Crippen LogP contribution in [0.2, 0.25) is 0 Å². The summed E-state index contributed by atoms with van der Waals surface area (Å²) < 4.78 is 35.1. The molecule has 0 amide bonds. The SMILES string of the molecule is CCCCCCN1/C(=C/C=C2\CC/C(=C\C=C3\N(CCCCS(=O)(=O)O)c4ccc(C)cc4C3(C)C)C2=[N+](c2ccccc2)c2ccccc2)C(C)(C)c2cc(C)ccc21. The molecular weight excluding hydrogens is 759 g/mol. The topological polar surface area (TPSA) is 63.9 Å². The van der Waals surface area contributed by atoms with Crippen LogP contribution in [0, 0.1) is 13.8 Å². The van der Waals surface area contributed by atoms with E-state index in [0.29, 0.717) is 19.4 Å². The average Bonchev–Trinajstić information content (AvgIpc) is 3.77. The van der Waals surface area contributed by atoms with E-state index in [1.807, 2.05) is 0 Å². The monoisotopic (exact) mass is 822 g/mol. The minimum atomic E-state index is -4.01. The van der Waals surface area contributed by atoms with Crippen molar-refractivity contribution in [1.82, 2.24) is 4.58 Å². The van der Waals surface area contributed by atoms with Gasteiger partial charge in [-0.1, -0.05) is 138 Å². The van der Waals surface area contributed by atoms with E-state index in [9.17, 15) is 13.0 Å². The van der Waals surface area contributed by atoms with Gasteiger partial charge >= 0.3 is 0 Å². The minimum absolute atomic E-state index is 0.143. The van der Waals surface area contributed by atoms with Crippen molar-refractivity contribution in [3.63, 3.8) is 0 Å². The summed E-state index contributed by atoms with van der Waals surface area (Å²) in [6, 6.07) is 35.1. The van der Waals surface area contributed by atoms with Crippen LogP contribution in [0.15, 0.2) is 144 Å². The molecule has 6 nitrogen and oxygen atoms in total. The molecule has 1 saturated carbocycles. The van der Waals surface area contributed by atoms with Gasteiger partial charge in [-0.2, -0.15) is 13.0 Å².